The zero-order chi connectivity index (χ0) is 13.0. The van der Waals surface area contributed by atoms with Gasteiger partial charge in [0.2, 0.25) is 5.91 Å². The molecule has 0 aromatic carbocycles. The van der Waals surface area contributed by atoms with Crippen LogP contribution in [0.3, 0.4) is 0 Å². The van der Waals surface area contributed by atoms with Gasteiger partial charge in [-0.2, -0.15) is 0 Å². The van der Waals surface area contributed by atoms with E-state index >= 15 is 0 Å². The molecule has 1 heterocycles. The van der Waals surface area contributed by atoms with Gasteiger partial charge >= 0.3 is 5.97 Å². The van der Waals surface area contributed by atoms with Crippen LogP contribution in [-0.4, -0.2) is 23.0 Å². The van der Waals surface area contributed by atoms with Crippen molar-refractivity contribution >= 4 is 23.2 Å². The van der Waals surface area contributed by atoms with Crippen LogP contribution >= 0.6 is 11.3 Å². The minimum Gasteiger partial charge on any atom is -0.481 e. The van der Waals surface area contributed by atoms with E-state index in [9.17, 15) is 9.59 Å². The predicted octanol–water partition coefficient (Wildman–Crippen LogP) is 1.04. The highest BCUT2D eigenvalue weighted by Crippen LogP contribution is 2.22. The first-order valence-electron chi connectivity index (χ1n) is 5.24. The Kier molecular flexibility index (Phi) is 4.65. The molecule has 0 saturated heterocycles. The first-order valence-corrected chi connectivity index (χ1v) is 6.06. The molecule has 0 bridgehead atoms. The van der Waals surface area contributed by atoms with Gasteiger partial charge in [0.1, 0.15) is 0 Å². The second-order valence-corrected chi connectivity index (χ2v) is 5.20. The molecule has 6 heteroatoms. The summed E-state index contributed by atoms with van der Waals surface area (Å²) in [4.78, 5) is 24.2. The monoisotopic (exact) mass is 256 g/mol. The van der Waals surface area contributed by atoms with Crippen LogP contribution in [0, 0.1) is 6.92 Å². The van der Waals surface area contributed by atoms with Crippen LogP contribution in [0.2, 0.25) is 0 Å². The summed E-state index contributed by atoms with van der Waals surface area (Å²) in [6, 6.07) is 2.75. The number of carbonyl (C=O) groups excluding carboxylic acids is 1. The van der Waals surface area contributed by atoms with Gasteiger partial charge in [0, 0.05) is 9.75 Å². The van der Waals surface area contributed by atoms with Gasteiger partial charge in [-0.15, -0.1) is 11.3 Å². The summed E-state index contributed by atoms with van der Waals surface area (Å²) in [5.41, 5.74) is 5.46. The van der Waals surface area contributed by atoms with Crippen molar-refractivity contribution in [2.24, 2.45) is 5.73 Å². The Bertz CT molecular complexity index is 417. The van der Waals surface area contributed by atoms with Crippen molar-refractivity contribution in [2.45, 2.75) is 32.4 Å². The maximum Gasteiger partial charge on any atom is 0.305 e. The van der Waals surface area contributed by atoms with Crippen molar-refractivity contribution in [3.05, 3.63) is 21.9 Å². The molecule has 94 valence electrons. The highest BCUT2D eigenvalue weighted by Gasteiger charge is 2.19. The third-order valence-electron chi connectivity index (χ3n) is 2.28. The highest BCUT2D eigenvalue weighted by molar-refractivity contribution is 7.12. The molecule has 17 heavy (non-hydrogen) atoms. The van der Waals surface area contributed by atoms with E-state index in [1.807, 2.05) is 26.0 Å². The number of hydrogen-bond donors (Lipinski definition) is 3. The molecule has 0 radical (unpaired) electrons. The molecule has 0 spiro atoms. The van der Waals surface area contributed by atoms with Crippen molar-refractivity contribution in [1.29, 1.82) is 0 Å². The van der Waals surface area contributed by atoms with Gasteiger partial charge in [-0.05, 0) is 26.0 Å². The molecule has 0 aliphatic rings. The Balaban J connectivity index is 2.53. The standard InChI is InChI=1S/C11H16N2O3S/c1-6-3-4-9(17-6)7(2)13-11(16)8(12)5-10(14)15/h3-4,7-8H,5,12H2,1-2H3,(H,13,16)(H,14,15). The first-order chi connectivity index (χ1) is 7.90. The van der Waals surface area contributed by atoms with Gasteiger partial charge in [0.05, 0.1) is 18.5 Å². The fourth-order valence-electron chi connectivity index (χ4n) is 1.36. The van der Waals surface area contributed by atoms with Gasteiger partial charge < -0.3 is 16.2 Å². The molecule has 0 aliphatic heterocycles. The van der Waals surface area contributed by atoms with Gasteiger partial charge in [0.25, 0.3) is 0 Å². The fourth-order valence-corrected chi connectivity index (χ4v) is 2.24. The van der Waals surface area contributed by atoms with Crippen molar-refractivity contribution in [2.75, 3.05) is 0 Å². The van der Waals surface area contributed by atoms with Crippen LogP contribution in [0.25, 0.3) is 0 Å². The van der Waals surface area contributed by atoms with E-state index in [2.05, 4.69) is 5.32 Å². The summed E-state index contributed by atoms with van der Waals surface area (Å²) in [7, 11) is 0. The average molecular weight is 256 g/mol. The van der Waals surface area contributed by atoms with Crippen molar-refractivity contribution < 1.29 is 14.7 Å². The predicted molar refractivity (Wildman–Crippen MR) is 65.8 cm³/mol. The second kappa shape index (κ2) is 5.79. The third-order valence-corrected chi connectivity index (χ3v) is 3.46. The van der Waals surface area contributed by atoms with Crippen LogP contribution in [0.1, 0.15) is 29.1 Å². The molecule has 5 nitrogen and oxygen atoms in total. The van der Waals surface area contributed by atoms with E-state index < -0.39 is 17.9 Å². The van der Waals surface area contributed by atoms with Crippen LogP contribution < -0.4 is 11.1 Å². The molecule has 1 aromatic rings. The molecule has 4 N–H and O–H groups in total. The lowest BCUT2D eigenvalue weighted by atomic mass is 10.2. The van der Waals surface area contributed by atoms with Gasteiger partial charge in [-0.25, -0.2) is 0 Å². The number of aliphatic carboxylic acids is 1. The number of carboxylic acid groups (broad SMARTS) is 1. The zero-order valence-electron chi connectivity index (χ0n) is 9.77. The lowest BCUT2D eigenvalue weighted by Gasteiger charge is -2.15. The Hall–Kier alpha value is -1.40. The summed E-state index contributed by atoms with van der Waals surface area (Å²) < 4.78 is 0. The number of carbonyl (C=O) groups is 2. The lowest BCUT2D eigenvalue weighted by molar-refractivity contribution is -0.139. The van der Waals surface area contributed by atoms with E-state index in [0.717, 1.165) is 9.75 Å². The molecule has 1 aromatic heterocycles. The molecule has 2 unspecified atom stereocenters. The SMILES string of the molecule is Cc1ccc(C(C)NC(=O)C(N)CC(=O)O)s1. The summed E-state index contributed by atoms with van der Waals surface area (Å²) in [5.74, 6) is -1.52. The average Bonchev–Trinajstić information content (AvgIpc) is 2.63. The van der Waals surface area contributed by atoms with E-state index in [1.54, 1.807) is 11.3 Å². The molecule has 2 atom stereocenters. The number of carboxylic acids is 1. The summed E-state index contributed by atoms with van der Waals surface area (Å²) >= 11 is 1.59. The molecule has 1 amide bonds. The van der Waals surface area contributed by atoms with Gasteiger partial charge in [-0.1, -0.05) is 0 Å². The minimum atomic E-state index is -1.08. The second-order valence-electron chi connectivity index (χ2n) is 3.88. The smallest absolute Gasteiger partial charge is 0.305 e. The van der Waals surface area contributed by atoms with E-state index in [4.69, 9.17) is 10.8 Å². The van der Waals surface area contributed by atoms with Crippen LogP contribution in [0.4, 0.5) is 0 Å². The summed E-state index contributed by atoms with van der Waals surface area (Å²) in [6.45, 7) is 3.83. The molecule has 1 rings (SSSR count). The zero-order valence-corrected chi connectivity index (χ0v) is 10.6. The topological polar surface area (TPSA) is 92.4 Å². The quantitative estimate of drug-likeness (QED) is 0.733. The maximum atomic E-state index is 11.6. The van der Waals surface area contributed by atoms with Crippen molar-refractivity contribution in [3.8, 4) is 0 Å². The van der Waals surface area contributed by atoms with E-state index in [-0.39, 0.29) is 12.5 Å². The van der Waals surface area contributed by atoms with Crippen molar-refractivity contribution in [3.63, 3.8) is 0 Å². The van der Waals surface area contributed by atoms with Crippen molar-refractivity contribution in [1.82, 2.24) is 5.32 Å². The molecular formula is C11H16N2O3S. The molecule has 0 saturated carbocycles. The third kappa shape index (κ3) is 4.16. The van der Waals surface area contributed by atoms with E-state index in [1.165, 1.54) is 0 Å². The number of rotatable bonds is 5. The van der Waals surface area contributed by atoms with E-state index in [0.29, 0.717) is 0 Å². The van der Waals surface area contributed by atoms with Gasteiger partial charge in [-0.3, -0.25) is 9.59 Å². The Morgan fingerprint density at radius 2 is 2.18 bits per heavy atom. The number of nitrogens with one attached hydrogen (secondary N) is 1. The maximum absolute atomic E-state index is 11.6. The minimum absolute atomic E-state index is 0.152. The fraction of sp³-hybridized carbons (Fsp3) is 0.455. The number of thiophene rings is 1. The largest absolute Gasteiger partial charge is 0.481 e. The number of aryl methyl sites for hydroxylation is 1. The normalized spacial score (nSPS) is 14.1. The Morgan fingerprint density at radius 3 is 2.65 bits per heavy atom. The highest BCUT2D eigenvalue weighted by atomic mass is 32.1. The Morgan fingerprint density at radius 1 is 1.53 bits per heavy atom. The number of nitrogens with two attached hydrogens (primary N) is 1. The van der Waals surface area contributed by atoms with Crippen LogP contribution in [0.15, 0.2) is 12.1 Å². The Labute approximate surface area is 104 Å². The number of hydrogen-bond acceptors (Lipinski definition) is 4. The first kappa shape index (κ1) is 13.7. The van der Waals surface area contributed by atoms with Gasteiger partial charge in [0.15, 0.2) is 0 Å². The number of amides is 1. The molecule has 0 aliphatic carbocycles. The summed E-state index contributed by atoms with van der Waals surface area (Å²) in [6.07, 6.45) is -0.359. The molecular weight excluding hydrogens is 240 g/mol. The van der Waals surface area contributed by atoms with Crippen LogP contribution in [-0.2, 0) is 9.59 Å². The van der Waals surface area contributed by atoms with Crippen LogP contribution in [0.5, 0.6) is 0 Å². The molecule has 0 fully saturated rings. The lowest BCUT2D eigenvalue weighted by Crippen LogP contribution is -2.42. The summed E-state index contributed by atoms with van der Waals surface area (Å²) in [5, 5.41) is 11.2.